The standard InChI is InChI=1S/C20H16ClNO5S2/c1-15(23)16-6-5-7-18(14-16)22(28(24,25)19-8-3-2-4-9-19)29(26,27)20-12-10-17(21)11-13-20/h2-14H,1H3. The number of ketones is 1. The molecule has 0 atom stereocenters. The van der Waals surface area contributed by atoms with Gasteiger partial charge in [-0.2, -0.15) is 3.71 Å². The zero-order valence-electron chi connectivity index (χ0n) is 15.2. The maximum absolute atomic E-state index is 13.4. The Morgan fingerprint density at radius 1 is 0.759 bits per heavy atom. The zero-order valence-corrected chi connectivity index (χ0v) is 17.6. The number of benzene rings is 3. The molecule has 3 aromatic rings. The second-order valence-electron chi connectivity index (χ2n) is 6.08. The summed E-state index contributed by atoms with van der Waals surface area (Å²) < 4.78 is 53.7. The zero-order chi connectivity index (χ0) is 21.2. The van der Waals surface area contributed by atoms with Gasteiger partial charge >= 0.3 is 0 Å². The van der Waals surface area contributed by atoms with Crippen LogP contribution in [0.3, 0.4) is 0 Å². The van der Waals surface area contributed by atoms with Crippen LogP contribution in [0.2, 0.25) is 5.02 Å². The molecular weight excluding hydrogens is 434 g/mol. The topological polar surface area (TPSA) is 88.6 Å². The van der Waals surface area contributed by atoms with Gasteiger partial charge in [0.2, 0.25) is 0 Å². The van der Waals surface area contributed by atoms with E-state index in [2.05, 4.69) is 0 Å². The molecule has 29 heavy (non-hydrogen) atoms. The van der Waals surface area contributed by atoms with Crippen molar-refractivity contribution in [2.45, 2.75) is 16.7 Å². The highest BCUT2D eigenvalue weighted by Crippen LogP contribution is 2.31. The largest absolute Gasteiger partial charge is 0.295 e. The van der Waals surface area contributed by atoms with Gasteiger partial charge in [0.05, 0.1) is 15.5 Å². The predicted octanol–water partition coefficient (Wildman–Crippen LogP) is 4.13. The van der Waals surface area contributed by atoms with Crippen molar-refractivity contribution in [3.63, 3.8) is 0 Å². The van der Waals surface area contributed by atoms with Crippen molar-refractivity contribution >= 4 is 43.1 Å². The van der Waals surface area contributed by atoms with Crippen LogP contribution >= 0.6 is 11.6 Å². The van der Waals surface area contributed by atoms with Crippen LogP contribution in [0.1, 0.15) is 17.3 Å². The number of hydrogen-bond donors (Lipinski definition) is 0. The summed E-state index contributed by atoms with van der Waals surface area (Å²) in [7, 11) is -9.06. The maximum Gasteiger partial charge on any atom is 0.277 e. The average Bonchev–Trinajstić information content (AvgIpc) is 2.69. The van der Waals surface area contributed by atoms with Crippen molar-refractivity contribution < 1.29 is 21.6 Å². The minimum atomic E-state index is -4.54. The summed E-state index contributed by atoms with van der Waals surface area (Å²) in [5.41, 5.74) is 0.0126. The summed E-state index contributed by atoms with van der Waals surface area (Å²) in [6, 6.07) is 17.8. The third-order valence-electron chi connectivity index (χ3n) is 4.05. The van der Waals surface area contributed by atoms with Crippen molar-refractivity contribution in [1.29, 1.82) is 0 Å². The van der Waals surface area contributed by atoms with Gasteiger partial charge < -0.3 is 0 Å². The summed E-state index contributed by atoms with van der Waals surface area (Å²) in [5.74, 6) is -0.326. The molecule has 0 aliphatic rings. The van der Waals surface area contributed by atoms with E-state index in [9.17, 15) is 21.6 Å². The molecule has 0 radical (unpaired) electrons. The first-order valence-corrected chi connectivity index (χ1v) is 11.6. The lowest BCUT2D eigenvalue weighted by atomic mass is 10.1. The van der Waals surface area contributed by atoms with Gasteiger partial charge in [0.1, 0.15) is 0 Å². The molecule has 3 aromatic carbocycles. The van der Waals surface area contributed by atoms with E-state index < -0.39 is 20.0 Å². The quantitative estimate of drug-likeness (QED) is 0.528. The second-order valence-corrected chi connectivity index (χ2v) is 10.3. The number of carbonyl (C=O) groups excluding carboxylic acids is 1. The number of Topliss-reactive ketones (excluding diaryl/α,β-unsaturated/α-hetero) is 1. The highest BCUT2D eigenvalue weighted by Gasteiger charge is 2.37. The van der Waals surface area contributed by atoms with Crippen LogP contribution in [0.25, 0.3) is 0 Å². The summed E-state index contributed by atoms with van der Waals surface area (Å²) >= 11 is 5.84. The van der Waals surface area contributed by atoms with E-state index in [0.717, 1.165) is 0 Å². The molecule has 0 saturated heterocycles. The SMILES string of the molecule is CC(=O)c1cccc(N(S(=O)(=O)c2ccccc2)S(=O)(=O)c2ccc(Cl)cc2)c1. The molecule has 6 nitrogen and oxygen atoms in total. The molecule has 0 bridgehead atoms. The highest BCUT2D eigenvalue weighted by molar-refractivity contribution is 8.10. The lowest BCUT2D eigenvalue weighted by Gasteiger charge is -2.24. The molecular formula is C20H16ClNO5S2. The Bertz CT molecular complexity index is 1260. The van der Waals surface area contributed by atoms with Crippen molar-refractivity contribution in [3.8, 4) is 0 Å². The van der Waals surface area contributed by atoms with Crippen molar-refractivity contribution in [2.24, 2.45) is 0 Å². The van der Waals surface area contributed by atoms with E-state index in [1.807, 2.05) is 0 Å². The number of halogens is 1. The van der Waals surface area contributed by atoms with Gasteiger partial charge in [0, 0.05) is 10.6 Å². The van der Waals surface area contributed by atoms with Crippen molar-refractivity contribution in [1.82, 2.24) is 0 Å². The molecule has 0 heterocycles. The van der Waals surface area contributed by atoms with E-state index in [4.69, 9.17) is 11.6 Å². The van der Waals surface area contributed by atoms with Gasteiger partial charge in [0.25, 0.3) is 20.0 Å². The monoisotopic (exact) mass is 449 g/mol. The highest BCUT2D eigenvalue weighted by atomic mass is 35.5. The van der Waals surface area contributed by atoms with Gasteiger partial charge in [0.15, 0.2) is 5.78 Å². The Kier molecular flexibility index (Phi) is 5.79. The summed E-state index contributed by atoms with van der Waals surface area (Å²) in [4.78, 5) is 11.3. The molecule has 3 rings (SSSR count). The van der Waals surface area contributed by atoms with Crippen LogP contribution in [0.15, 0.2) is 88.7 Å². The Morgan fingerprint density at radius 3 is 1.86 bits per heavy atom. The fourth-order valence-electron chi connectivity index (χ4n) is 2.64. The molecule has 150 valence electrons. The summed E-state index contributed by atoms with van der Waals surface area (Å²) in [6.45, 7) is 1.31. The minimum absolute atomic E-state index is 0.170. The van der Waals surface area contributed by atoms with Crippen LogP contribution < -0.4 is 3.71 Å². The molecule has 0 N–H and O–H groups in total. The third-order valence-corrected chi connectivity index (χ3v) is 8.51. The van der Waals surface area contributed by atoms with E-state index >= 15 is 0 Å². The Balaban J connectivity index is 2.29. The Labute approximate surface area is 174 Å². The summed E-state index contributed by atoms with van der Waals surface area (Å²) in [5, 5.41) is 0.306. The molecule has 0 aromatic heterocycles. The fourth-order valence-corrected chi connectivity index (χ4v) is 6.46. The Hall–Kier alpha value is -2.68. The number of anilines is 1. The van der Waals surface area contributed by atoms with Crippen LogP contribution in [0, 0.1) is 0 Å². The smallest absolute Gasteiger partial charge is 0.277 e. The number of carbonyl (C=O) groups is 1. The maximum atomic E-state index is 13.4. The molecule has 0 fully saturated rings. The van der Waals surface area contributed by atoms with E-state index in [1.165, 1.54) is 79.7 Å². The molecule has 0 unspecified atom stereocenters. The van der Waals surface area contributed by atoms with Gasteiger partial charge in [-0.25, -0.2) is 16.8 Å². The van der Waals surface area contributed by atoms with Crippen LogP contribution in [0.5, 0.6) is 0 Å². The lowest BCUT2D eigenvalue weighted by Crippen LogP contribution is -2.37. The fraction of sp³-hybridized carbons (Fsp3) is 0.0500. The van der Waals surface area contributed by atoms with Gasteiger partial charge in [-0.15, -0.1) is 0 Å². The minimum Gasteiger partial charge on any atom is -0.295 e. The second kappa shape index (κ2) is 7.98. The Morgan fingerprint density at radius 2 is 1.31 bits per heavy atom. The lowest BCUT2D eigenvalue weighted by molar-refractivity contribution is 0.101. The molecule has 0 spiro atoms. The molecule has 9 heteroatoms. The van der Waals surface area contributed by atoms with Gasteiger partial charge in [-0.05, 0) is 55.5 Å². The summed E-state index contributed by atoms with van der Waals surface area (Å²) in [6.07, 6.45) is 0. The van der Waals surface area contributed by atoms with Gasteiger partial charge in [-0.1, -0.05) is 41.9 Å². The van der Waals surface area contributed by atoms with Gasteiger partial charge in [-0.3, -0.25) is 4.79 Å². The third kappa shape index (κ3) is 4.19. The first kappa shape index (κ1) is 21.0. The number of sulfonamides is 2. The molecule has 0 amide bonds. The van der Waals surface area contributed by atoms with E-state index in [1.54, 1.807) is 6.07 Å². The van der Waals surface area contributed by atoms with Crippen LogP contribution in [-0.2, 0) is 20.0 Å². The van der Waals surface area contributed by atoms with E-state index in [0.29, 0.717) is 8.73 Å². The predicted molar refractivity (Wildman–Crippen MR) is 111 cm³/mol. The van der Waals surface area contributed by atoms with Crippen molar-refractivity contribution in [3.05, 3.63) is 89.4 Å². The molecule has 0 aliphatic heterocycles. The number of rotatable bonds is 6. The van der Waals surface area contributed by atoms with E-state index in [-0.39, 0.29) is 26.8 Å². The first-order valence-electron chi connectivity index (χ1n) is 8.36. The van der Waals surface area contributed by atoms with Crippen molar-refractivity contribution in [2.75, 3.05) is 3.71 Å². The molecule has 0 aliphatic carbocycles. The number of hydrogen-bond acceptors (Lipinski definition) is 5. The normalized spacial score (nSPS) is 11.8. The van der Waals surface area contributed by atoms with Crippen LogP contribution in [-0.4, -0.2) is 22.6 Å². The molecule has 0 saturated carbocycles. The number of nitrogens with zero attached hydrogens (tertiary/aromatic N) is 1. The first-order chi connectivity index (χ1) is 13.6. The average molecular weight is 450 g/mol. The van der Waals surface area contributed by atoms with Crippen LogP contribution in [0.4, 0.5) is 5.69 Å².